The number of amides is 2. The Morgan fingerprint density at radius 2 is 2.10 bits per heavy atom. The molecule has 1 aromatic carbocycles. The van der Waals surface area contributed by atoms with Gasteiger partial charge >= 0.3 is 0 Å². The molecular formula is C15H20BrN3O2. The fourth-order valence-electron chi connectivity index (χ4n) is 2.41. The summed E-state index contributed by atoms with van der Waals surface area (Å²) in [6, 6.07) is 7.27. The maximum Gasteiger partial charge on any atom is 0.244 e. The molecule has 21 heavy (non-hydrogen) atoms. The molecule has 2 N–H and O–H groups in total. The van der Waals surface area contributed by atoms with Crippen LogP contribution in [0.5, 0.6) is 0 Å². The second-order valence-corrected chi connectivity index (χ2v) is 5.92. The number of rotatable bonds is 4. The Labute approximate surface area is 133 Å². The van der Waals surface area contributed by atoms with E-state index < -0.39 is 6.04 Å². The molecule has 0 bridgehead atoms. The number of halogens is 1. The monoisotopic (exact) mass is 353 g/mol. The summed E-state index contributed by atoms with van der Waals surface area (Å²) in [6.45, 7) is 4.25. The Morgan fingerprint density at radius 1 is 1.38 bits per heavy atom. The minimum absolute atomic E-state index is 0.00456. The highest BCUT2D eigenvalue weighted by atomic mass is 79.9. The van der Waals surface area contributed by atoms with Gasteiger partial charge in [0.05, 0.1) is 6.42 Å². The highest BCUT2D eigenvalue weighted by molar-refractivity contribution is 9.10. The summed E-state index contributed by atoms with van der Waals surface area (Å²) in [5.41, 5.74) is 0.955. The summed E-state index contributed by atoms with van der Waals surface area (Å²) in [5.74, 6) is -0.0936. The summed E-state index contributed by atoms with van der Waals surface area (Å²) >= 11 is 3.38. The van der Waals surface area contributed by atoms with E-state index in [1.54, 1.807) is 4.90 Å². The van der Waals surface area contributed by atoms with Crippen molar-refractivity contribution in [3.8, 4) is 0 Å². The van der Waals surface area contributed by atoms with Crippen LogP contribution in [-0.4, -0.2) is 48.9 Å². The highest BCUT2D eigenvalue weighted by Crippen LogP contribution is 2.13. The standard InChI is InChI=1S/C15H20BrN3O2/c1-2-18-15(21)13-10-17-7-8-19(13)14(20)9-11-3-5-12(16)6-4-11/h3-6,13,17H,2,7-10H2,1H3,(H,18,21). The second kappa shape index (κ2) is 7.56. The van der Waals surface area contributed by atoms with Gasteiger partial charge in [-0.1, -0.05) is 28.1 Å². The van der Waals surface area contributed by atoms with Crippen LogP contribution in [0.1, 0.15) is 12.5 Å². The molecule has 2 amide bonds. The molecule has 1 atom stereocenters. The molecule has 1 heterocycles. The van der Waals surface area contributed by atoms with Crippen molar-refractivity contribution < 1.29 is 9.59 Å². The predicted octanol–water partition coefficient (Wildman–Crippen LogP) is 0.928. The third-order valence-electron chi connectivity index (χ3n) is 3.49. The van der Waals surface area contributed by atoms with E-state index in [4.69, 9.17) is 0 Å². The first kappa shape index (κ1) is 16.0. The first-order chi connectivity index (χ1) is 10.1. The van der Waals surface area contributed by atoms with Crippen molar-refractivity contribution in [2.24, 2.45) is 0 Å². The van der Waals surface area contributed by atoms with Gasteiger partial charge in [0.15, 0.2) is 0 Å². The van der Waals surface area contributed by atoms with Gasteiger partial charge in [-0.05, 0) is 24.6 Å². The zero-order chi connectivity index (χ0) is 15.2. The molecule has 1 aliphatic heterocycles. The van der Waals surface area contributed by atoms with E-state index in [1.165, 1.54) is 0 Å². The van der Waals surface area contributed by atoms with Gasteiger partial charge in [-0.2, -0.15) is 0 Å². The Bertz CT molecular complexity index is 504. The minimum Gasteiger partial charge on any atom is -0.355 e. The number of carbonyl (C=O) groups is 2. The van der Waals surface area contributed by atoms with Gasteiger partial charge in [-0.15, -0.1) is 0 Å². The minimum atomic E-state index is -0.415. The quantitative estimate of drug-likeness (QED) is 0.846. The van der Waals surface area contributed by atoms with E-state index in [2.05, 4.69) is 26.6 Å². The van der Waals surface area contributed by atoms with Crippen molar-refractivity contribution in [1.29, 1.82) is 0 Å². The molecule has 0 aromatic heterocycles. The van der Waals surface area contributed by atoms with E-state index in [0.29, 0.717) is 26.1 Å². The fraction of sp³-hybridized carbons (Fsp3) is 0.467. The topological polar surface area (TPSA) is 61.4 Å². The van der Waals surface area contributed by atoms with Crippen LogP contribution in [0.2, 0.25) is 0 Å². The van der Waals surface area contributed by atoms with Crippen molar-refractivity contribution in [3.05, 3.63) is 34.3 Å². The zero-order valence-corrected chi connectivity index (χ0v) is 13.6. The second-order valence-electron chi connectivity index (χ2n) is 5.00. The van der Waals surface area contributed by atoms with E-state index in [9.17, 15) is 9.59 Å². The van der Waals surface area contributed by atoms with Gasteiger partial charge in [0.25, 0.3) is 0 Å². The van der Waals surface area contributed by atoms with Gasteiger partial charge in [0.1, 0.15) is 6.04 Å². The SMILES string of the molecule is CCNC(=O)C1CNCCN1C(=O)Cc1ccc(Br)cc1. The first-order valence-corrected chi connectivity index (χ1v) is 7.93. The van der Waals surface area contributed by atoms with Gasteiger partial charge in [-0.3, -0.25) is 9.59 Å². The van der Waals surface area contributed by atoms with E-state index >= 15 is 0 Å². The molecule has 1 aliphatic rings. The fourth-order valence-corrected chi connectivity index (χ4v) is 2.67. The van der Waals surface area contributed by atoms with Crippen molar-refractivity contribution >= 4 is 27.7 Å². The van der Waals surface area contributed by atoms with Gasteiger partial charge in [-0.25, -0.2) is 0 Å². The molecule has 0 aliphatic carbocycles. The normalized spacial score (nSPS) is 18.4. The summed E-state index contributed by atoms with van der Waals surface area (Å²) < 4.78 is 0.987. The Kier molecular flexibility index (Phi) is 5.76. The molecule has 1 unspecified atom stereocenters. The number of likely N-dealkylation sites (N-methyl/N-ethyl adjacent to an activating group) is 1. The van der Waals surface area contributed by atoms with E-state index in [1.807, 2.05) is 31.2 Å². The Hall–Kier alpha value is -1.40. The van der Waals surface area contributed by atoms with E-state index in [-0.39, 0.29) is 11.8 Å². The van der Waals surface area contributed by atoms with Crippen LogP contribution in [0.3, 0.4) is 0 Å². The third-order valence-corrected chi connectivity index (χ3v) is 4.01. The summed E-state index contributed by atoms with van der Waals surface area (Å²) in [6.07, 6.45) is 0.323. The average molecular weight is 354 g/mol. The van der Waals surface area contributed by atoms with Crippen molar-refractivity contribution in [3.63, 3.8) is 0 Å². The summed E-state index contributed by atoms with van der Waals surface area (Å²) in [4.78, 5) is 26.2. The third kappa shape index (κ3) is 4.28. The van der Waals surface area contributed by atoms with Crippen LogP contribution in [0.25, 0.3) is 0 Å². The zero-order valence-electron chi connectivity index (χ0n) is 12.1. The molecule has 1 fully saturated rings. The van der Waals surface area contributed by atoms with Crippen molar-refractivity contribution in [2.45, 2.75) is 19.4 Å². The Morgan fingerprint density at radius 3 is 2.76 bits per heavy atom. The molecule has 1 aromatic rings. The van der Waals surface area contributed by atoms with Gasteiger partial charge in [0, 0.05) is 30.7 Å². The predicted molar refractivity (Wildman–Crippen MR) is 84.9 cm³/mol. The summed E-state index contributed by atoms with van der Waals surface area (Å²) in [7, 11) is 0. The van der Waals surface area contributed by atoms with Crippen LogP contribution in [0.4, 0.5) is 0 Å². The largest absolute Gasteiger partial charge is 0.355 e. The smallest absolute Gasteiger partial charge is 0.244 e. The number of nitrogens with one attached hydrogen (secondary N) is 2. The van der Waals surface area contributed by atoms with Crippen molar-refractivity contribution in [1.82, 2.24) is 15.5 Å². The molecule has 0 saturated carbocycles. The van der Waals surface area contributed by atoms with Gasteiger partial charge in [0.2, 0.25) is 11.8 Å². The lowest BCUT2D eigenvalue weighted by molar-refractivity contribution is -0.141. The molecule has 5 nitrogen and oxygen atoms in total. The van der Waals surface area contributed by atoms with Crippen LogP contribution < -0.4 is 10.6 Å². The molecule has 0 radical (unpaired) electrons. The summed E-state index contributed by atoms with van der Waals surface area (Å²) in [5, 5.41) is 5.96. The van der Waals surface area contributed by atoms with Crippen LogP contribution in [0, 0.1) is 0 Å². The number of hydrogen-bond donors (Lipinski definition) is 2. The molecule has 0 spiro atoms. The lowest BCUT2D eigenvalue weighted by Gasteiger charge is -2.35. The highest BCUT2D eigenvalue weighted by Gasteiger charge is 2.31. The van der Waals surface area contributed by atoms with Crippen LogP contribution in [0.15, 0.2) is 28.7 Å². The lowest BCUT2D eigenvalue weighted by Crippen LogP contribution is -2.59. The van der Waals surface area contributed by atoms with Gasteiger partial charge < -0.3 is 15.5 Å². The molecule has 2 rings (SSSR count). The first-order valence-electron chi connectivity index (χ1n) is 7.14. The molecule has 114 valence electrons. The van der Waals surface area contributed by atoms with Crippen LogP contribution in [-0.2, 0) is 16.0 Å². The molecule has 6 heteroatoms. The number of nitrogens with zero attached hydrogens (tertiary/aromatic N) is 1. The van der Waals surface area contributed by atoms with Crippen LogP contribution >= 0.6 is 15.9 Å². The number of hydrogen-bond acceptors (Lipinski definition) is 3. The maximum atomic E-state index is 12.5. The Balaban J connectivity index is 2.04. The average Bonchev–Trinajstić information content (AvgIpc) is 2.50. The number of piperazine rings is 1. The van der Waals surface area contributed by atoms with Crippen molar-refractivity contribution in [2.75, 3.05) is 26.2 Å². The molecule has 1 saturated heterocycles. The van der Waals surface area contributed by atoms with E-state index in [0.717, 1.165) is 16.6 Å². The number of benzene rings is 1. The lowest BCUT2D eigenvalue weighted by atomic mass is 10.1. The number of carbonyl (C=O) groups excluding carboxylic acids is 2. The maximum absolute atomic E-state index is 12.5. The molecular weight excluding hydrogens is 334 g/mol.